The summed E-state index contributed by atoms with van der Waals surface area (Å²) in [5.41, 5.74) is 1.14. The largest absolute Gasteiger partial charge is 0.461 e. The maximum atomic E-state index is 12.7. The number of halogens is 1. The van der Waals surface area contributed by atoms with Crippen LogP contribution in [-0.2, 0) is 22.3 Å². The fraction of sp³-hybridized carbons (Fsp3) is 0.636. The first kappa shape index (κ1) is 25.5. The molecule has 182 valence electrons. The van der Waals surface area contributed by atoms with E-state index in [1.54, 1.807) is 7.11 Å². The van der Waals surface area contributed by atoms with E-state index in [1.807, 2.05) is 13.8 Å². The number of piperidine rings is 1. The van der Waals surface area contributed by atoms with Gasteiger partial charge in [-0.2, -0.15) is 0 Å². The summed E-state index contributed by atoms with van der Waals surface area (Å²) in [6.45, 7) is 7.62. The molecule has 2 N–H and O–H groups in total. The summed E-state index contributed by atoms with van der Waals surface area (Å²) in [7, 11) is 1.63. The van der Waals surface area contributed by atoms with Crippen LogP contribution in [0, 0.1) is 0 Å². The highest BCUT2D eigenvalue weighted by atomic mass is 35.5. The van der Waals surface area contributed by atoms with Gasteiger partial charge in [-0.05, 0) is 25.7 Å². The average Bonchev–Trinajstić information content (AvgIpc) is 3.43. The third kappa shape index (κ3) is 6.04. The van der Waals surface area contributed by atoms with Crippen LogP contribution in [0.15, 0.2) is 0 Å². The van der Waals surface area contributed by atoms with E-state index in [2.05, 4.69) is 32.1 Å². The highest BCUT2D eigenvalue weighted by Gasteiger charge is 2.33. The van der Waals surface area contributed by atoms with E-state index in [1.165, 1.54) is 11.3 Å². The lowest BCUT2D eigenvalue weighted by Crippen LogP contribution is -2.55. The number of nitrogens with one attached hydrogen (secondary N) is 2. The van der Waals surface area contributed by atoms with Crippen LogP contribution in [0.5, 0.6) is 0 Å². The van der Waals surface area contributed by atoms with Gasteiger partial charge in [0.2, 0.25) is 0 Å². The van der Waals surface area contributed by atoms with Gasteiger partial charge in [-0.15, -0.1) is 11.3 Å². The summed E-state index contributed by atoms with van der Waals surface area (Å²) < 4.78 is 11.1. The Hall–Kier alpha value is -2.17. The molecule has 3 rings (SSSR count). The number of rotatable bonds is 10. The molecule has 0 aliphatic carbocycles. The third-order valence-corrected chi connectivity index (χ3v) is 7.25. The lowest BCUT2D eigenvalue weighted by atomic mass is 10.0. The molecule has 0 saturated carbocycles. The molecule has 0 radical (unpaired) electrons. The number of anilines is 1. The number of esters is 1. The summed E-state index contributed by atoms with van der Waals surface area (Å²) in [6, 6.07) is -0.184. The van der Waals surface area contributed by atoms with Crippen LogP contribution < -0.4 is 10.2 Å². The van der Waals surface area contributed by atoms with E-state index in [0.29, 0.717) is 49.8 Å². The number of aryl methyl sites for hydroxylation is 2. The van der Waals surface area contributed by atoms with Gasteiger partial charge in [-0.3, -0.25) is 4.79 Å². The second kappa shape index (κ2) is 11.8. The van der Waals surface area contributed by atoms with Crippen LogP contribution in [0.25, 0.3) is 0 Å². The van der Waals surface area contributed by atoms with Crippen LogP contribution in [-0.4, -0.2) is 65.8 Å². The molecule has 9 nitrogen and oxygen atoms in total. The van der Waals surface area contributed by atoms with Crippen molar-refractivity contribution < 1.29 is 19.1 Å². The molecule has 2 aromatic heterocycles. The molecule has 0 aromatic carbocycles. The average molecular weight is 498 g/mol. The van der Waals surface area contributed by atoms with Crippen molar-refractivity contribution >= 4 is 39.9 Å². The predicted molar refractivity (Wildman–Crippen MR) is 129 cm³/mol. The number of H-pyrrole nitrogens is 1. The number of carbonyl (C=O) groups is 2. The smallest absolute Gasteiger partial charge is 0.358 e. The van der Waals surface area contributed by atoms with E-state index in [4.69, 9.17) is 21.1 Å². The number of thiazole rings is 1. The standard InChI is InChI=1S/C22H32ClN5O4S/c1-5-8-11-32-21(30)17-16(7-3)33-22(26-17)28-10-9-14(15(12-28)31-4)25-20(29)19-24-13(6-2)18(23)27-19/h14-15H,5-12H2,1-4H3,(H,24,27)(H,25,29). The van der Waals surface area contributed by atoms with Crippen LogP contribution in [0.1, 0.15) is 71.7 Å². The van der Waals surface area contributed by atoms with Crippen molar-refractivity contribution in [2.45, 2.75) is 65.0 Å². The number of ether oxygens (including phenoxy) is 2. The first-order chi connectivity index (χ1) is 15.9. The number of aromatic nitrogens is 3. The van der Waals surface area contributed by atoms with E-state index < -0.39 is 0 Å². The summed E-state index contributed by atoms with van der Waals surface area (Å²) in [6.07, 6.45) is 3.60. The van der Waals surface area contributed by atoms with Gasteiger partial charge >= 0.3 is 5.97 Å². The summed E-state index contributed by atoms with van der Waals surface area (Å²) in [5, 5.41) is 4.10. The van der Waals surface area contributed by atoms with Gasteiger partial charge in [0, 0.05) is 25.1 Å². The monoisotopic (exact) mass is 497 g/mol. The van der Waals surface area contributed by atoms with E-state index in [-0.39, 0.29) is 29.8 Å². The fourth-order valence-electron chi connectivity index (χ4n) is 3.71. The zero-order chi connectivity index (χ0) is 24.0. The van der Waals surface area contributed by atoms with Crippen molar-refractivity contribution in [3.05, 3.63) is 27.2 Å². The van der Waals surface area contributed by atoms with Crippen molar-refractivity contribution in [3.8, 4) is 0 Å². The minimum atomic E-state index is -0.364. The molecule has 2 aromatic rings. The number of aromatic amines is 1. The third-order valence-electron chi connectivity index (χ3n) is 5.68. The quantitative estimate of drug-likeness (QED) is 0.381. The number of amides is 1. The first-order valence-corrected chi connectivity index (χ1v) is 12.6. The van der Waals surface area contributed by atoms with Crippen LogP contribution in [0.3, 0.4) is 0 Å². The molecule has 3 heterocycles. The second-order valence-corrected chi connectivity index (χ2v) is 9.33. The lowest BCUT2D eigenvalue weighted by Gasteiger charge is -2.37. The first-order valence-electron chi connectivity index (χ1n) is 11.4. The highest BCUT2D eigenvalue weighted by Crippen LogP contribution is 2.30. The van der Waals surface area contributed by atoms with Gasteiger partial charge in [-0.1, -0.05) is 38.8 Å². The molecule has 1 aliphatic heterocycles. The molecular weight excluding hydrogens is 466 g/mol. The molecule has 1 aliphatic rings. The molecule has 1 fully saturated rings. The zero-order valence-corrected chi connectivity index (χ0v) is 21.1. The summed E-state index contributed by atoms with van der Waals surface area (Å²) in [5.74, 6) is -0.471. The van der Waals surface area contributed by atoms with Gasteiger partial charge in [-0.25, -0.2) is 14.8 Å². The molecule has 33 heavy (non-hydrogen) atoms. The van der Waals surface area contributed by atoms with E-state index >= 15 is 0 Å². The Kier molecular flexibility index (Phi) is 9.10. The maximum Gasteiger partial charge on any atom is 0.358 e. The molecule has 2 atom stereocenters. The topological polar surface area (TPSA) is 109 Å². The van der Waals surface area contributed by atoms with Gasteiger partial charge in [0.05, 0.1) is 24.4 Å². The van der Waals surface area contributed by atoms with Crippen LogP contribution >= 0.6 is 22.9 Å². The van der Waals surface area contributed by atoms with Crippen molar-refractivity contribution in [3.63, 3.8) is 0 Å². The number of hydrogen-bond donors (Lipinski definition) is 2. The summed E-state index contributed by atoms with van der Waals surface area (Å²) >= 11 is 7.57. The van der Waals surface area contributed by atoms with Crippen molar-refractivity contribution in [1.82, 2.24) is 20.3 Å². The number of unbranched alkanes of at least 4 members (excludes halogenated alkanes) is 1. The highest BCUT2D eigenvalue weighted by molar-refractivity contribution is 7.15. The minimum absolute atomic E-state index is 0.184. The maximum absolute atomic E-state index is 12.7. The minimum Gasteiger partial charge on any atom is -0.461 e. The fourth-order valence-corrected chi connectivity index (χ4v) is 5.00. The number of methoxy groups -OCH3 is 1. The predicted octanol–water partition coefficient (Wildman–Crippen LogP) is 3.63. The number of carbonyl (C=O) groups excluding carboxylic acids is 2. The molecule has 1 saturated heterocycles. The van der Waals surface area contributed by atoms with Gasteiger partial charge < -0.3 is 24.7 Å². The normalized spacial score (nSPS) is 18.4. The van der Waals surface area contributed by atoms with Gasteiger partial charge in [0.15, 0.2) is 21.8 Å². The van der Waals surface area contributed by atoms with E-state index in [9.17, 15) is 9.59 Å². The Balaban J connectivity index is 1.66. The SMILES string of the molecule is CCCCOC(=O)c1nc(N2CCC(NC(=O)c3nc(Cl)c(CC)[nH]3)C(OC)C2)sc1CC. The van der Waals surface area contributed by atoms with Gasteiger partial charge in [0.25, 0.3) is 5.91 Å². The second-order valence-electron chi connectivity index (χ2n) is 7.91. The molecule has 11 heteroatoms. The van der Waals surface area contributed by atoms with Gasteiger partial charge in [0.1, 0.15) is 0 Å². The Morgan fingerprint density at radius 1 is 1.27 bits per heavy atom. The lowest BCUT2D eigenvalue weighted by molar-refractivity contribution is 0.0491. The molecule has 2 unspecified atom stereocenters. The van der Waals surface area contributed by atoms with Crippen LogP contribution in [0.2, 0.25) is 5.15 Å². The zero-order valence-electron chi connectivity index (χ0n) is 19.6. The molecule has 1 amide bonds. The van der Waals surface area contributed by atoms with Crippen molar-refractivity contribution in [2.75, 3.05) is 31.7 Å². The Bertz CT molecular complexity index is 963. The number of imidazole rings is 1. The number of hydrogen-bond acceptors (Lipinski definition) is 8. The Labute approximate surface area is 203 Å². The molecule has 0 bridgehead atoms. The van der Waals surface area contributed by atoms with Crippen LogP contribution in [0.4, 0.5) is 5.13 Å². The summed E-state index contributed by atoms with van der Waals surface area (Å²) in [4.78, 5) is 39.9. The van der Waals surface area contributed by atoms with Crippen molar-refractivity contribution in [1.29, 1.82) is 0 Å². The Morgan fingerprint density at radius 3 is 2.70 bits per heavy atom. The molecular formula is C22H32ClN5O4S. The van der Waals surface area contributed by atoms with Crippen molar-refractivity contribution in [2.24, 2.45) is 0 Å². The van der Waals surface area contributed by atoms with E-state index in [0.717, 1.165) is 28.5 Å². The molecule has 0 spiro atoms. The number of nitrogens with zero attached hydrogens (tertiary/aromatic N) is 3. The Morgan fingerprint density at radius 2 is 2.06 bits per heavy atom.